The fourth-order valence-corrected chi connectivity index (χ4v) is 2.35. The van der Waals surface area contributed by atoms with Crippen molar-refractivity contribution in [2.24, 2.45) is 10.9 Å². The molecular formula is C15H16ClN5O. The third-order valence-corrected chi connectivity index (χ3v) is 3.57. The quantitative estimate of drug-likeness (QED) is 0.912. The average Bonchev–Trinajstić information content (AvgIpc) is 2.90. The Bertz CT molecular complexity index is 777. The third-order valence-electron chi connectivity index (χ3n) is 3.39. The molecular weight excluding hydrogens is 302 g/mol. The molecule has 7 heteroatoms. The minimum Gasteiger partial charge on any atom is -0.344 e. The SMILES string of the molecule is CC(C)C(=O)NC1CC=CC(c2c[nH]c3ncc(Cl)nc23)=N1. The monoisotopic (exact) mass is 317 g/mol. The second-order valence-corrected chi connectivity index (χ2v) is 5.81. The maximum Gasteiger partial charge on any atom is 0.224 e. The number of nitrogens with zero attached hydrogens (tertiary/aromatic N) is 3. The number of H-pyrrole nitrogens is 1. The first-order valence-electron chi connectivity index (χ1n) is 7.09. The van der Waals surface area contributed by atoms with Crippen LogP contribution in [0.1, 0.15) is 25.8 Å². The van der Waals surface area contributed by atoms with E-state index < -0.39 is 0 Å². The molecule has 22 heavy (non-hydrogen) atoms. The highest BCUT2D eigenvalue weighted by Gasteiger charge is 2.18. The van der Waals surface area contributed by atoms with E-state index in [0.717, 1.165) is 11.3 Å². The van der Waals surface area contributed by atoms with Gasteiger partial charge in [-0.1, -0.05) is 31.5 Å². The lowest BCUT2D eigenvalue weighted by atomic mass is 10.1. The molecule has 2 N–H and O–H groups in total. The lowest BCUT2D eigenvalue weighted by molar-refractivity contribution is -0.124. The fourth-order valence-electron chi connectivity index (χ4n) is 2.22. The van der Waals surface area contributed by atoms with Crippen molar-refractivity contribution in [3.63, 3.8) is 0 Å². The van der Waals surface area contributed by atoms with Gasteiger partial charge in [-0.05, 0) is 6.08 Å². The summed E-state index contributed by atoms with van der Waals surface area (Å²) in [6.45, 7) is 3.71. The minimum atomic E-state index is -0.257. The third kappa shape index (κ3) is 2.87. The Hall–Kier alpha value is -2.21. The van der Waals surface area contributed by atoms with E-state index in [1.165, 1.54) is 6.20 Å². The van der Waals surface area contributed by atoms with E-state index in [9.17, 15) is 4.79 Å². The van der Waals surface area contributed by atoms with Gasteiger partial charge in [-0.15, -0.1) is 0 Å². The van der Waals surface area contributed by atoms with Crippen molar-refractivity contribution in [3.05, 3.63) is 35.3 Å². The number of halogens is 1. The van der Waals surface area contributed by atoms with E-state index in [-0.39, 0.29) is 18.0 Å². The van der Waals surface area contributed by atoms with Crippen LogP contribution in [-0.2, 0) is 4.79 Å². The van der Waals surface area contributed by atoms with Gasteiger partial charge in [-0.3, -0.25) is 9.79 Å². The van der Waals surface area contributed by atoms with Crippen LogP contribution in [0.25, 0.3) is 11.2 Å². The number of hydrogen-bond donors (Lipinski definition) is 2. The van der Waals surface area contributed by atoms with Crippen LogP contribution in [0.5, 0.6) is 0 Å². The van der Waals surface area contributed by atoms with Gasteiger partial charge in [0, 0.05) is 24.1 Å². The number of carbonyl (C=O) groups excluding carboxylic acids is 1. The number of dihydropyridines is 1. The average molecular weight is 318 g/mol. The van der Waals surface area contributed by atoms with Crippen LogP contribution in [0.2, 0.25) is 5.15 Å². The van der Waals surface area contributed by atoms with Crippen LogP contribution < -0.4 is 5.32 Å². The molecule has 0 spiro atoms. The summed E-state index contributed by atoms with van der Waals surface area (Å²) in [5, 5.41) is 3.25. The number of hydrogen-bond acceptors (Lipinski definition) is 4. The minimum absolute atomic E-state index is 0.00911. The zero-order valence-corrected chi connectivity index (χ0v) is 13.1. The molecule has 2 aromatic heterocycles. The van der Waals surface area contributed by atoms with Crippen LogP contribution in [-0.4, -0.2) is 32.7 Å². The second kappa shape index (κ2) is 5.88. The zero-order chi connectivity index (χ0) is 15.7. The number of aliphatic imine (C=N–C) groups is 1. The molecule has 0 saturated heterocycles. The number of allylic oxidation sites excluding steroid dienone is 1. The molecule has 0 aromatic carbocycles. The number of rotatable bonds is 3. The number of aromatic nitrogens is 3. The molecule has 0 radical (unpaired) electrons. The second-order valence-electron chi connectivity index (χ2n) is 5.42. The van der Waals surface area contributed by atoms with Gasteiger partial charge in [0.25, 0.3) is 0 Å². The highest BCUT2D eigenvalue weighted by Crippen LogP contribution is 2.20. The molecule has 0 aliphatic carbocycles. The highest BCUT2D eigenvalue weighted by atomic mass is 35.5. The van der Waals surface area contributed by atoms with Gasteiger partial charge in [-0.25, -0.2) is 9.97 Å². The van der Waals surface area contributed by atoms with Gasteiger partial charge >= 0.3 is 0 Å². The van der Waals surface area contributed by atoms with Crippen molar-refractivity contribution in [1.29, 1.82) is 0 Å². The summed E-state index contributed by atoms with van der Waals surface area (Å²) >= 11 is 5.92. The predicted molar refractivity (Wildman–Crippen MR) is 86.0 cm³/mol. The molecule has 1 atom stereocenters. The standard InChI is InChI=1S/C15H16ClN5O/c1-8(2)15(22)21-12-5-3-4-10(19-12)9-6-17-14-13(9)20-11(16)7-18-14/h3-4,6-8,12H,5H2,1-2H3,(H,17,18)(H,21,22). The lowest BCUT2D eigenvalue weighted by Crippen LogP contribution is -2.37. The van der Waals surface area contributed by atoms with Crippen LogP contribution >= 0.6 is 11.6 Å². The summed E-state index contributed by atoms with van der Waals surface area (Å²) < 4.78 is 0. The molecule has 3 rings (SSSR count). The molecule has 1 unspecified atom stereocenters. The molecule has 0 saturated carbocycles. The molecule has 1 aliphatic rings. The number of nitrogens with one attached hydrogen (secondary N) is 2. The first-order valence-corrected chi connectivity index (χ1v) is 7.47. The van der Waals surface area contributed by atoms with Crippen molar-refractivity contribution in [2.45, 2.75) is 26.4 Å². The van der Waals surface area contributed by atoms with E-state index in [4.69, 9.17) is 11.6 Å². The van der Waals surface area contributed by atoms with Crippen molar-refractivity contribution < 1.29 is 4.79 Å². The molecule has 1 aliphatic heterocycles. The first-order chi connectivity index (χ1) is 10.5. The first kappa shape index (κ1) is 14.7. The summed E-state index contributed by atoms with van der Waals surface area (Å²) in [4.78, 5) is 27.9. The Morgan fingerprint density at radius 2 is 2.32 bits per heavy atom. The van der Waals surface area contributed by atoms with E-state index in [2.05, 4.69) is 25.3 Å². The summed E-state index contributed by atoms with van der Waals surface area (Å²) in [5.74, 6) is -0.0764. The highest BCUT2D eigenvalue weighted by molar-refractivity contribution is 6.29. The largest absolute Gasteiger partial charge is 0.344 e. The Labute approximate surface area is 132 Å². The molecule has 0 fully saturated rings. The number of fused-ring (bicyclic) bond motifs is 1. The summed E-state index contributed by atoms with van der Waals surface area (Å²) in [6.07, 6.45) is 7.63. The Morgan fingerprint density at radius 1 is 1.50 bits per heavy atom. The maximum absolute atomic E-state index is 11.8. The Morgan fingerprint density at radius 3 is 3.09 bits per heavy atom. The van der Waals surface area contributed by atoms with Crippen LogP contribution in [0.15, 0.2) is 29.5 Å². The predicted octanol–water partition coefficient (Wildman–Crippen LogP) is 2.46. The molecule has 6 nitrogen and oxygen atoms in total. The fraction of sp³-hybridized carbons (Fsp3) is 0.333. The Balaban J connectivity index is 1.92. The van der Waals surface area contributed by atoms with E-state index in [1.54, 1.807) is 6.20 Å². The topological polar surface area (TPSA) is 83.0 Å². The van der Waals surface area contributed by atoms with E-state index in [0.29, 0.717) is 22.7 Å². The van der Waals surface area contributed by atoms with Gasteiger partial charge in [0.2, 0.25) is 5.91 Å². The van der Waals surface area contributed by atoms with Crippen LogP contribution in [0.4, 0.5) is 0 Å². The van der Waals surface area contributed by atoms with Gasteiger partial charge in [0.05, 0.1) is 11.9 Å². The van der Waals surface area contributed by atoms with Crippen molar-refractivity contribution >= 4 is 34.4 Å². The lowest BCUT2D eigenvalue weighted by Gasteiger charge is -2.18. The van der Waals surface area contributed by atoms with Gasteiger partial charge in [0.15, 0.2) is 5.65 Å². The summed E-state index contributed by atoms with van der Waals surface area (Å²) in [5.41, 5.74) is 2.91. The molecule has 0 bridgehead atoms. The summed E-state index contributed by atoms with van der Waals surface area (Å²) in [7, 11) is 0. The van der Waals surface area contributed by atoms with Crippen LogP contribution in [0, 0.1) is 5.92 Å². The van der Waals surface area contributed by atoms with Crippen molar-refractivity contribution in [3.8, 4) is 0 Å². The maximum atomic E-state index is 11.8. The zero-order valence-electron chi connectivity index (χ0n) is 12.3. The Kier molecular flexibility index (Phi) is 3.94. The van der Waals surface area contributed by atoms with E-state index in [1.807, 2.05) is 26.0 Å². The number of aromatic amines is 1. The van der Waals surface area contributed by atoms with Crippen molar-refractivity contribution in [1.82, 2.24) is 20.3 Å². The van der Waals surface area contributed by atoms with Gasteiger partial charge in [0.1, 0.15) is 16.8 Å². The normalized spacial score (nSPS) is 17.8. The molecule has 114 valence electrons. The molecule has 1 amide bonds. The molecule has 2 aromatic rings. The summed E-state index contributed by atoms with van der Waals surface area (Å²) in [6, 6.07) is 0. The number of amides is 1. The number of carbonyl (C=O) groups is 1. The molecule has 3 heterocycles. The van der Waals surface area contributed by atoms with Gasteiger partial charge < -0.3 is 10.3 Å². The van der Waals surface area contributed by atoms with Crippen LogP contribution in [0.3, 0.4) is 0 Å². The smallest absolute Gasteiger partial charge is 0.224 e. The van der Waals surface area contributed by atoms with Gasteiger partial charge in [-0.2, -0.15) is 0 Å². The van der Waals surface area contributed by atoms with E-state index >= 15 is 0 Å². The van der Waals surface area contributed by atoms with Crippen molar-refractivity contribution in [2.75, 3.05) is 0 Å².